The van der Waals surface area contributed by atoms with Gasteiger partial charge in [-0.15, -0.1) is 0 Å². The molecule has 0 fully saturated rings. The highest BCUT2D eigenvalue weighted by atomic mass is 15.0. The second-order valence-corrected chi connectivity index (χ2v) is 2.69. The lowest BCUT2D eigenvalue weighted by Gasteiger charge is -2.10. The largest absolute Gasteiger partial charge is 0.387 e. The molecule has 0 saturated heterocycles. The molecule has 2 aliphatic heterocycles. The van der Waals surface area contributed by atoms with E-state index in [-0.39, 0.29) is 0 Å². The van der Waals surface area contributed by atoms with Gasteiger partial charge in [0.25, 0.3) is 0 Å². The maximum atomic E-state index is 3.36. The summed E-state index contributed by atoms with van der Waals surface area (Å²) in [7, 11) is 0. The fraction of sp³-hybridized carbons (Fsp3) is 0.500. The molecule has 2 heterocycles. The van der Waals surface area contributed by atoms with Crippen LogP contribution >= 0.6 is 0 Å². The highest BCUT2D eigenvalue weighted by Crippen LogP contribution is 2.09. The van der Waals surface area contributed by atoms with Gasteiger partial charge in [-0.05, 0) is 6.42 Å². The van der Waals surface area contributed by atoms with Gasteiger partial charge in [0.2, 0.25) is 0 Å². The molecule has 0 spiro atoms. The van der Waals surface area contributed by atoms with Crippen LogP contribution in [0.4, 0.5) is 0 Å². The summed E-state index contributed by atoms with van der Waals surface area (Å²) in [5.74, 6) is 0. The Kier molecular flexibility index (Phi) is 1.47. The Morgan fingerprint density at radius 3 is 3.10 bits per heavy atom. The van der Waals surface area contributed by atoms with Crippen LogP contribution in [0.15, 0.2) is 23.9 Å². The minimum atomic E-state index is 0.475. The Labute approximate surface area is 61.0 Å². The Bertz CT molecular complexity index is 182. The zero-order valence-corrected chi connectivity index (χ0v) is 5.93. The monoisotopic (exact) mass is 136 g/mol. The molecule has 0 saturated carbocycles. The second-order valence-electron chi connectivity index (χ2n) is 2.69. The lowest BCUT2D eigenvalue weighted by molar-refractivity contribution is 0.696. The van der Waals surface area contributed by atoms with Gasteiger partial charge in [0.05, 0.1) is 6.04 Å². The van der Waals surface area contributed by atoms with Gasteiger partial charge >= 0.3 is 0 Å². The first-order valence-electron chi connectivity index (χ1n) is 3.81. The average Bonchev–Trinajstić information content (AvgIpc) is 2.59. The zero-order chi connectivity index (χ0) is 6.81. The quantitative estimate of drug-likeness (QED) is 0.510. The van der Waals surface area contributed by atoms with Crippen molar-refractivity contribution in [2.24, 2.45) is 0 Å². The van der Waals surface area contributed by atoms with E-state index >= 15 is 0 Å². The molecule has 2 aliphatic rings. The van der Waals surface area contributed by atoms with Gasteiger partial charge in [-0.25, -0.2) is 0 Å². The Morgan fingerprint density at radius 2 is 2.50 bits per heavy atom. The third-order valence-electron chi connectivity index (χ3n) is 1.96. The van der Waals surface area contributed by atoms with Crippen LogP contribution in [-0.2, 0) is 0 Å². The molecule has 1 unspecified atom stereocenters. The van der Waals surface area contributed by atoms with Crippen molar-refractivity contribution in [2.45, 2.75) is 12.5 Å². The standard InChI is InChI=1S/C8H12N2/c1-3-7(9-5-1)8-4-2-6-10-8/h1,3-4,7,9-10H,2,5-6H2. The van der Waals surface area contributed by atoms with Crippen molar-refractivity contribution >= 4 is 0 Å². The summed E-state index contributed by atoms with van der Waals surface area (Å²) >= 11 is 0. The molecular weight excluding hydrogens is 124 g/mol. The van der Waals surface area contributed by atoms with Crippen LogP contribution in [0.2, 0.25) is 0 Å². The third kappa shape index (κ3) is 0.948. The molecule has 0 aliphatic carbocycles. The van der Waals surface area contributed by atoms with E-state index in [1.165, 1.54) is 12.1 Å². The summed E-state index contributed by atoms with van der Waals surface area (Å²) in [6.45, 7) is 2.13. The number of hydrogen-bond donors (Lipinski definition) is 2. The van der Waals surface area contributed by atoms with Crippen LogP contribution < -0.4 is 10.6 Å². The van der Waals surface area contributed by atoms with Gasteiger partial charge in [0, 0.05) is 18.8 Å². The van der Waals surface area contributed by atoms with E-state index in [0.29, 0.717) is 6.04 Å². The highest BCUT2D eigenvalue weighted by molar-refractivity contribution is 5.23. The Hall–Kier alpha value is -0.760. The molecular formula is C8H12N2. The van der Waals surface area contributed by atoms with Crippen molar-refractivity contribution in [1.29, 1.82) is 0 Å². The van der Waals surface area contributed by atoms with Gasteiger partial charge < -0.3 is 10.6 Å². The van der Waals surface area contributed by atoms with E-state index in [9.17, 15) is 0 Å². The van der Waals surface area contributed by atoms with E-state index in [1.54, 1.807) is 0 Å². The van der Waals surface area contributed by atoms with Crippen LogP contribution in [0.5, 0.6) is 0 Å². The first kappa shape index (κ1) is 5.98. The summed E-state index contributed by atoms with van der Waals surface area (Å²) in [4.78, 5) is 0. The lowest BCUT2D eigenvalue weighted by Crippen LogP contribution is -2.29. The van der Waals surface area contributed by atoms with Gasteiger partial charge in [0.15, 0.2) is 0 Å². The molecule has 0 aromatic rings. The molecule has 1 atom stereocenters. The molecule has 0 radical (unpaired) electrons. The fourth-order valence-electron chi connectivity index (χ4n) is 1.43. The van der Waals surface area contributed by atoms with E-state index in [2.05, 4.69) is 28.9 Å². The average molecular weight is 136 g/mol. The van der Waals surface area contributed by atoms with Gasteiger partial charge in [-0.2, -0.15) is 0 Å². The minimum Gasteiger partial charge on any atom is -0.387 e. The number of rotatable bonds is 1. The lowest BCUT2D eigenvalue weighted by atomic mass is 10.2. The minimum absolute atomic E-state index is 0.475. The van der Waals surface area contributed by atoms with E-state index in [1.807, 2.05) is 0 Å². The summed E-state index contributed by atoms with van der Waals surface area (Å²) < 4.78 is 0. The third-order valence-corrected chi connectivity index (χ3v) is 1.96. The zero-order valence-electron chi connectivity index (χ0n) is 5.93. The predicted molar refractivity (Wildman–Crippen MR) is 41.6 cm³/mol. The molecule has 2 nitrogen and oxygen atoms in total. The summed E-state index contributed by atoms with van der Waals surface area (Å²) in [5, 5.41) is 6.70. The van der Waals surface area contributed by atoms with Crippen LogP contribution in [0.3, 0.4) is 0 Å². The number of hydrogen-bond acceptors (Lipinski definition) is 2. The van der Waals surface area contributed by atoms with Crippen molar-refractivity contribution in [3.63, 3.8) is 0 Å². The smallest absolute Gasteiger partial charge is 0.0655 e. The van der Waals surface area contributed by atoms with Crippen LogP contribution in [0, 0.1) is 0 Å². The van der Waals surface area contributed by atoms with Crippen LogP contribution in [-0.4, -0.2) is 19.1 Å². The maximum absolute atomic E-state index is 3.36. The molecule has 2 N–H and O–H groups in total. The Morgan fingerprint density at radius 1 is 1.50 bits per heavy atom. The van der Waals surface area contributed by atoms with Crippen molar-refractivity contribution in [3.05, 3.63) is 23.9 Å². The summed E-state index contributed by atoms with van der Waals surface area (Å²) in [6, 6.07) is 0.475. The predicted octanol–water partition coefficient (Wildman–Crippen LogP) is 0.392. The molecule has 0 aromatic heterocycles. The van der Waals surface area contributed by atoms with Crippen molar-refractivity contribution in [2.75, 3.05) is 13.1 Å². The van der Waals surface area contributed by atoms with E-state index < -0.39 is 0 Å². The molecule has 2 heteroatoms. The fourth-order valence-corrected chi connectivity index (χ4v) is 1.43. The van der Waals surface area contributed by atoms with Gasteiger partial charge in [-0.3, -0.25) is 0 Å². The van der Waals surface area contributed by atoms with E-state index in [0.717, 1.165) is 13.1 Å². The van der Waals surface area contributed by atoms with Crippen molar-refractivity contribution in [3.8, 4) is 0 Å². The first-order valence-corrected chi connectivity index (χ1v) is 3.81. The molecule has 0 aromatic carbocycles. The van der Waals surface area contributed by atoms with E-state index in [4.69, 9.17) is 0 Å². The number of nitrogens with one attached hydrogen (secondary N) is 2. The molecule has 2 rings (SSSR count). The maximum Gasteiger partial charge on any atom is 0.0655 e. The Balaban J connectivity index is 2.04. The van der Waals surface area contributed by atoms with Crippen LogP contribution in [0.25, 0.3) is 0 Å². The SMILES string of the molecule is C1=CC(C2=CCCN2)NC1. The summed E-state index contributed by atoms with van der Waals surface area (Å²) in [5.41, 5.74) is 1.36. The van der Waals surface area contributed by atoms with Crippen molar-refractivity contribution < 1.29 is 0 Å². The van der Waals surface area contributed by atoms with Crippen molar-refractivity contribution in [1.82, 2.24) is 10.6 Å². The summed E-state index contributed by atoms with van der Waals surface area (Å²) in [6.07, 6.45) is 7.84. The molecule has 0 amide bonds. The highest BCUT2D eigenvalue weighted by Gasteiger charge is 2.14. The van der Waals surface area contributed by atoms with Crippen LogP contribution in [0.1, 0.15) is 6.42 Å². The second kappa shape index (κ2) is 2.46. The normalized spacial score (nSPS) is 30.4. The topological polar surface area (TPSA) is 24.1 Å². The molecule has 0 bridgehead atoms. The first-order chi connectivity index (χ1) is 4.97. The molecule has 54 valence electrons. The molecule has 10 heavy (non-hydrogen) atoms. The van der Waals surface area contributed by atoms with Gasteiger partial charge in [-0.1, -0.05) is 18.2 Å². The van der Waals surface area contributed by atoms with Gasteiger partial charge in [0.1, 0.15) is 0 Å².